The number of hydrogen-bond acceptors (Lipinski definition) is 13. The van der Waals surface area contributed by atoms with E-state index < -0.39 is 0 Å². The van der Waals surface area contributed by atoms with Gasteiger partial charge in [0.25, 0.3) is 5.91 Å². The van der Waals surface area contributed by atoms with Crippen LogP contribution in [0.4, 0.5) is 10.6 Å². The zero-order chi connectivity index (χ0) is 46.3. The van der Waals surface area contributed by atoms with Crippen molar-refractivity contribution in [3.8, 4) is 5.69 Å². The lowest BCUT2D eigenvalue weighted by molar-refractivity contribution is -0.134. The van der Waals surface area contributed by atoms with Gasteiger partial charge in [-0.15, -0.1) is 5.10 Å². The Kier molecular flexibility index (Phi) is 17.7. The monoisotopic (exact) mass is 928 g/mol. The quantitative estimate of drug-likeness (QED) is 0.0549. The zero-order valence-corrected chi connectivity index (χ0v) is 39.2. The van der Waals surface area contributed by atoms with E-state index in [1.54, 1.807) is 10.7 Å². The predicted octanol–water partition coefficient (Wildman–Crippen LogP) is 4.02. The standard InChI is InChI=1S/C47H64N10O8S/c1-33-8-4-5-9-38(33)57-34(2)44(53-54-57)45(60)51-41-15-13-36-30-35(12-14-37(36)49-41)31-55-18-20-56(21-19-55)43(59)16-22-62-24-26-64-28-29-65-27-25-63-23-17-48-42(58)11-7-6-10-40-47(3)39(32-66-40)50-46(61)52-47/h4-5,8-9,12-15,30,39-40H,6-7,10-11,16-29,31-32H2,1-3H3,(H,48,58)(H,49,51,60)(H2,50,52,61)/t39-,40-,47-/m0/s1. The number of para-hydroxylation sites is 1. The number of piperazine rings is 1. The van der Waals surface area contributed by atoms with Gasteiger partial charge in [0.05, 0.1) is 87.8 Å². The van der Waals surface area contributed by atoms with Crippen molar-refractivity contribution >= 4 is 52.2 Å². The van der Waals surface area contributed by atoms with Gasteiger partial charge < -0.3 is 45.1 Å². The van der Waals surface area contributed by atoms with Gasteiger partial charge in [-0.25, -0.2) is 14.5 Å². The first-order chi connectivity index (χ1) is 32.1. The van der Waals surface area contributed by atoms with Crippen molar-refractivity contribution in [3.63, 3.8) is 0 Å². The maximum atomic E-state index is 13.1. The van der Waals surface area contributed by atoms with E-state index in [1.165, 1.54) is 0 Å². The normalized spacial score (nSPS) is 19.4. The largest absolute Gasteiger partial charge is 0.379 e. The fraction of sp³-hybridized carbons (Fsp3) is 0.553. The molecule has 3 aliphatic rings. The molecule has 5 heterocycles. The lowest BCUT2D eigenvalue weighted by atomic mass is 9.88. The third kappa shape index (κ3) is 13.3. The molecule has 3 saturated heterocycles. The minimum Gasteiger partial charge on any atom is -0.379 e. The average molecular weight is 929 g/mol. The number of aromatic nitrogens is 4. The maximum Gasteiger partial charge on any atom is 0.315 e. The number of urea groups is 1. The summed E-state index contributed by atoms with van der Waals surface area (Å²) in [6.45, 7) is 13.4. The molecule has 2 aromatic heterocycles. The minimum absolute atomic E-state index is 0.0288. The van der Waals surface area contributed by atoms with E-state index in [1.807, 2.05) is 66.9 Å². The van der Waals surface area contributed by atoms with E-state index in [0.717, 1.165) is 72.4 Å². The van der Waals surface area contributed by atoms with Crippen LogP contribution in [-0.4, -0.2) is 162 Å². The van der Waals surface area contributed by atoms with E-state index in [4.69, 9.17) is 18.9 Å². The molecule has 19 heteroatoms. The van der Waals surface area contributed by atoms with Crippen LogP contribution in [-0.2, 0) is 35.1 Å². The Bertz CT molecular complexity index is 2270. The van der Waals surface area contributed by atoms with Crippen LogP contribution in [0.25, 0.3) is 16.6 Å². The van der Waals surface area contributed by atoms with Crippen molar-refractivity contribution in [2.24, 2.45) is 0 Å². The zero-order valence-electron chi connectivity index (χ0n) is 38.4. The number of unbranched alkanes of at least 4 members (excludes halogenated alkanes) is 1. The van der Waals surface area contributed by atoms with Crippen LogP contribution in [0, 0.1) is 13.8 Å². The van der Waals surface area contributed by atoms with Gasteiger partial charge in [0.15, 0.2) is 5.69 Å². The summed E-state index contributed by atoms with van der Waals surface area (Å²) < 4.78 is 24.0. The number of carbonyl (C=O) groups excluding carboxylic acids is 4. The lowest BCUT2D eigenvalue weighted by Gasteiger charge is -2.34. The molecule has 0 saturated carbocycles. The maximum absolute atomic E-state index is 13.1. The van der Waals surface area contributed by atoms with Crippen molar-refractivity contribution in [1.29, 1.82) is 0 Å². The summed E-state index contributed by atoms with van der Waals surface area (Å²) in [7, 11) is 0. The summed E-state index contributed by atoms with van der Waals surface area (Å²) in [4.78, 5) is 58.8. The summed E-state index contributed by atoms with van der Waals surface area (Å²) in [6, 6.07) is 17.8. The predicted molar refractivity (Wildman–Crippen MR) is 252 cm³/mol. The van der Waals surface area contributed by atoms with E-state index in [0.29, 0.717) is 102 Å². The highest BCUT2D eigenvalue weighted by Gasteiger charge is 2.52. The molecule has 0 unspecified atom stereocenters. The van der Waals surface area contributed by atoms with Gasteiger partial charge in [-0.3, -0.25) is 19.3 Å². The molecule has 3 fully saturated rings. The second kappa shape index (κ2) is 24.0. The van der Waals surface area contributed by atoms with Crippen LogP contribution in [0.2, 0.25) is 0 Å². The molecule has 66 heavy (non-hydrogen) atoms. The summed E-state index contributed by atoms with van der Waals surface area (Å²) in [5.74, 6) is 1.12. The van der Waals surface area contributed by atoms with Gasteiger partial charge >= 0.3 is 6.03 Å². The van der Waals surface area contributed by atoms with E-state index >= 15 is 0 Å². The average Bonchev–Trinajstić information content (AvgIpc) is 3.94. The molecule has 0 spiro atoms. The molecular formula is C47H64N10O8S. The number of rotatable bonds is 25. The first-order valence-electron chi connectivity index (χ1n) is 23.0. The summed E-state index contributed by atoms with van der Waals surface area (Å²) in [5.41, 5.74) is 4.52. The number of fused-ring (bicyclic) bond motifs is 2. The molecule has 2 aromatic carbocycles. The highest BCUT2D eigenvalue weighted by molar-refractivity contribution is 8.00. The van der Waals surface area contributed by atoms with Gasteiger partial charge in [0.1, 0.15) is 5.82 Å². The van der Waals surface area contributed by atoms with E-state index in [-0.39, 0.29) is 41.0 Å². The molecule has 4 N–H and O–H groups in total. The molecule has 3 atom stereocenters. The van der Waals surface area contributed by atoms with Gasteiger partial charge in [-0.05, 0) is 75.1 Å². The van der Waals surface area contributed by atoms with Crippen molar-refractivity contribution in [1.82, 2.24) is 45.7 Å². The molecule has 7 rings (SSSR count). The molecule has 356 valence electrons. The third-order valence-corrected chi connectivity index (χ3v) is 14.0. The fourth-order valence-corrected chi connectivity index (χ4v) is 10.3. The van der Waals surface area contributed by atoms with Gasteiger partial charge in [-0.2, -0.15) is 11.8 Å². The van der Waals surface area contributed by atoms with Crippen molar-refractivity contribution in [2.75, 3.05) is 96.6 Å². The first kappa shape index (κ1) is 48.7. The topological polar surface area (TPSA) is 203 Å². The molecule has 0 radical (unpaired) electrons. The fourth-order valence-electron chi connectivity index (χ4n) is 8.51. The number of nitrogens with one attached hydrogen (secondary N) is 4. The number of nitrogens with zero attached hydrogens (tertiary/aromatic N) is 6. The molecular weight excluding hydrogens is 865 g/mol. The molecule has 0 aliphatic carbocycles. The third-order valence-electron chi connectivity index (χ3n) is 12.4. The summed E-state index contributed by atoms with van der Waals surface area (Å²) >= 11 is 1.90. The van der Waals surface area contributed by atoms with Crippen LogP contribution in [0.15, 0.2) is 54.6 Å². The van der Waals surface area contributed by atoms with E-state index in [2.05, 4.69) is 60.5 Å². The number of anilines is 1. The van der Waals surface area contributed by atoms with E-state index in [9.17, 15) is 19.2 Å². The minimum atomic E-state index is -0.368. The van der Waals surface area contributed by atoms with Crippen LogP contribution in [0.3, 0.4) is 0 Å². The smallest absolute Gasteiger partial charge is 0.315 e. The van der Waals surface area contributed by atoms with Crippen molar-refractivity contribution in [3.05, 3.63) is 77.1 Å². The van der Waals surface area contributed by atoms with Crippen LogP contribution in [0.1, 0.15) is 66.3 Å². The molecule has 0 bridgehead atoms. The van der Waals surface area contributed by atoms with Gasteiger partial charge in [-0.1, -0.05) is 35.9 Å². The molecule has 4 aromatic rings. The molecule has 5 amide bonds. The Morgan fingerprint density at radius 3 is 2.35 bits per heavy atom. The van der Waals surface area contributed by atoms with Crippen molar-refractivity contribution < 1.29 is 38.1 Å². The van der Waals surface area contributed by atoms with Crippen molar-refractivity contribution in [2.45, 2.75) is 76.3 Å². The number of benzene rings is 2. The highest BCUT2D eigenvalue weighted by Crippen LogP contribution is 2.41. The SMILES string of the molecule is Cc1ccccc1-n1nnc(C(=O)Nc2ccc3cc(CN4CCN(C(=O)CCOCCOCCOCCOCCNC(=O)CCCC[C@@H]5SC[C@@H]6NC(=O)N[C@@]65C)CC4)ccc3n2)c1C. The Labute approximate surface area is 390 Å². The van der Waals surface area contributed by atoms with Crippen LogP contribution in [0.5, 0.6) is 0 Å². The lowest BCUT2D eigenvalue weighted by Crippen LogP contribution is -2.50. The van der Waals surface area contributed by atoms with Crippen LogP contribution < -0.4 is 21.3 Å². The number of carbonyl (C=O) groups is 4. The second-order valence-corrected chi connectivity index (χ2v) is 18.3. The number of thioether (sulfide) groups is 1. The van der Waals surface area contributed by atoms with Crippen LogP contribution >= 0.6 is 11.8 Å². The Balaban J connectivity index is 0.661. The first-order valence-corrected chi connectivity index (χ1v) is 24.1. The highest BCUT2D eigenvalue weighted by atomic mass is 32.2. The number of amides is 5. The number of aryl methyl sites for hydroxylation is 1. The second-order valence-electron chi connectivity index (χ2n) is 17.1. The Morgan fingerprint density at radius 1 is 0.864 bits per heavy atom. The Morgan fingerprint density at radius 2 is 1.59 bits per heavy atom. The summed E-state index contributed by atoms with van der Waals surface area (Å²) in [5, 5.41) is 21.6. The number of hydrogen-bond donors (Lipinski definition) is 4. The van der Waals surface area contributed by atoms with Gasteiger partial charge in [0.2, 0.25) is 11.8 Å². The molecule has 18 nitrogen and oxygen atoms in total. The summed E-state index contributed by atoms with van der Waals surface area (Å²) in [6.07, 6.45) is 3.57. The number of ether oxygens (including phenoxy) is 4. The van der Waals surface area contributed by atoms with Gasteiger partial charge in [0, 0.05) is 62.1 Å². The number of pyridine rings is 1. The Hall–Kier alpha value is -5.18. The molecule has 3 aliphatic heterocycles.